The van der Waals surface area contributed by atoms with Crippen LogP contribution >= 0.6 is 0 Å². The highest BCUT2D eigenvalue weighted by Gasteiger charge is 2.40. The second kappa shape index (κ2) is 6.91. The van der Waals surface area contributed by atoms with Gasteiger partial charge in [0.25, 0.3) is 0 Å². The van der Waals surface area contributed by atoms with Gasteiger partial charge in [-0.15, -0.1) is 0 Å². The van der Waals surface area contributed by atoms with Crippen LogP contribution in [0.2, 0.25) is 0 Å². The first-order chi connectivity index (χ1) is 11.2. The van der Waals surface area contributed by atoms with Gasteiger partial charge in [0.1, 0.15) is 12.6 Å². The van der Waals surface area contributed by atoms with Gasteiger partial charge in [0, 0.05) is 13.0 Å². The van der Waals surface area contributed by atoms with Crippen LogP contribution in [-0.2, 0) is 9.59 Å². The molecule has 0 aromatic heterocycles. The molecule has 2 rings (SSSR count). The van der Waals surface area contributed by atoms with Crippen molar-refractivity contribution < 1.29 is 22.8 Å². The van der Waals surface area contributed by atoms with Crippen molar-refractivity contribution in [2.45, 2.75) is 25.6 Å². The quantitative estimate of drug-likeness (QED) is 0.913. The Labute approximate surface area is 137 Å². The highest BCUT2D eigenvalue weighted by molar-refractivity contribution is 5.89. The highest BCUT2D eigenvalue weighted by atomic mass is 19.4. The van der Waals surface area contributed by atoms with Gasteiger partial charge in [-0.2, -0.15) is 18.4 Å². The number of aryl methyl sites for hydroxylation is 1. The summed E-state index contributed by atoms with van der Waals surface area (Å²) in [5.74, 6) is -2.19. The molecule has 0 aliphatic carbocycles. The Hall–Kier alpha value is -2.56. The fraction of sp³-hybridized carbons (Fsp3) is 0.438. The van der Waals surface area contributed by atoms with E-state index in [2.05, 4.69) is 5.32 Å². The SMILES string of the molecule is Cc1ccccc1[C@@H](C#N)NC(=O)[C@@H]1CC(=O)N(CC(F)(F)F)C1. The van der Waals surface area contributed by atoms with E-state index >= 15 is 0 Å². The van der Waals surface area contributed by atoms with Gasteiger partial charge in [-0.05, 0) is 18.1 Å². The van der Waals surface area contributed by atoms with Crippen LogP contribution in [0.25, 0.3) is 0 Å². The number of hydrogen-bond donors (Lipinski definition) is 1. The van der Waals surface area contributed by atoms with Crippen molar-refractivity contribution in [3.05, 3.63) is 35.4 Å². The molecule has 0 spiro atoms. The molecule has 1 aliphatic rings. The van der Waals surface area contributed by atoms with Crippen LogP contribution in [0.5, 0.6) is 0 Å². The molecule has 24 heavy (non-hydrogen) atoms. The average Bonchev–Trinajstić information content (AvgIpc) is 2.85. The summed E-state index contributed by atoms with van der Waals surface area (Å²) in [5, 5.41) is 11.8. The maximum Gasteiger partial charge on any atom is 0.406 e. The van der Waals surface area contributed by atoms with Gasteiger partial charge in [0.15, 0.2) is 0 Å². The average molecular weight is 339 g/mol. The van der Waals surface area contributed by atoms with Crippen LogP contribution in [-0.4, -0.2) is 36.0 Å². The summed E-state index contributed by atoms with van der Waals surface area (Å²) in [4.78, 5) is 24.5. The fourth-order valence-corrected chi connectivity index (χ4v) is 2.67. The van der Waals surface area contributed by atoms with Crippen molar-refractivity contribution >= 4 is 11.8 Å². The van der Waals surface area contributed by atoms with Gasteiger partial charge in [-0.3, -0.25) is 9.59 Å². The molecular weight excluding hydrogens is 323 g/mol. The minimum atomic E-state index is -4.50. The number of benzene rings is 1. The molecule has 0 unspecified atom stereocenters. The Morgan fingerprint density at radius 1 is 1.46 bits per heavy atom. The number of nitrogens with one attached hydrogen (secondary N) is 1. The summed E-state index contributed by atoms with van der Waals surface area (Å²) in [5.41, 5.74) is 1.43. The van der Waals surface area contributed by atoms with Gasteiger partial charge >= 0.3 is 6.18 Å². The first kappa shape index (κ1) is 17.8. The zero-order valence-electron chi connectivity index (χ0n) is 12.9. The number of amides is 2. The highest BCUT2D eigenvalue weighted by Crippen LogP contribution is 2.25. The second-order valence-corrected chi connectivity index (χ2v) is 5.72. The first-order valence-corrected chi connectivity index (χ1v) is 7.31. The van der Waals surface area contributed by atoms with Crippen molar-refractivity contribution in [2.24, 2.45) is 5.92 Å². The first-order valence-electron chi connectivity index (χ1n) is 7.31. The normalized spacial score (nSPS) is 19.0. The standard InChI is InChI=1S/C16H16F3N3O2/c1-10-4-2-3-5-12(10)13(7-20)21-15(24)11-6-14(23)22(8-11)9-16(17,18)19/h2-5,11,13H,6,8-9H2,1H3,(H,21,24)/t11-,13-/m1/s1. The van der Waals surface area contributed by atoms with E-state index in [1.807, 2.05) is 6.07 Å². The third-order valence-corrected chi connectivity index (χ3v) is 3.87. The predicted octanol–water partition coefficient (Wildman–Crippen LogP) is 2.09. The van der Waals surface area contributed by atoms with E-state index in [9.17, 15) is 28.0 Å². The molecule has 0 saturated carbocycles. The van der Waals surface area contributed by atoms with Gasteiger partial charge < -0.3 is 10.2 Å². The van der Waals surface area contributed by atoms with Gasteiger partial charge in [0.05, 0.1) is 12.0 Å². The predicted molar refractivity (Wildman–Crippen MR) is 78.4 cm³/mol. The van der Waals surface area contributed by atoms with Crippen molar-refractivity contribution in [3.63, 3.8) is 0 Å². The van der Waals surface area contributed by atoms with E-state index in [1.54, 1.807) is 31.2 Å². The molecule has 0 radical (unpaired) electrons. The Morgan fingerprint density at radius 3 is 2.71 bits per heavy atom. The Kier molecular flexibility index (Phi) is 5.12. The van der Waals surface area contributed by atoms with E-state index in [0.717, 1.165) is 5.56 Å². The minimum Gasteiger partial charge on any atom is -0.336 e. The maximum absolute atomic E-state index is 12.4. The zero-order valence-corrected chi connectivity index (χ0v) is 12.9. The smallest absolute Gasteiger partial charge is 0.336 e. The molecule has 0 bridgehead atoms. The van der Waals surface area contributed by atoms with Crippen molar-refractivity contribution in [3.8, 4) is 6.07 Å². The molecule has 8 heteroatoms. The topological polar surface area (TPSA) is 73.2 Å². The van der Waals surface area contributed by atoms with E-state index in [4.69, 9.17) is 0 Å². The van der Waals surface area contributed by atoms with Crippen LogP contribution in [0, 0.1) is 24.2 Å². The van der Waals surface area contributed by atoms with E-state index < -0.39 is 36.5 Å². The molecule has 5 nitrogen and oxygen atoms in total. The largest absolute Gasteiger partial charge is 0.406 e. The number of halogens is 3. The van der Waals surface area contributed by atoms with Crippen molar-refractivity contribution in [1.29, 1.82) is 5.26 Å². The van der Waals surface area contributed by atoms with Crippen LogP contribution in [0.4, 0.5) is 13.2 Å². The molecule has 128 valence electrons. The lowest BCUT2D eigenvalue weighted by molar-refractivity contribution is -0.157. The lowest BCUT2D eigenvalue weighted by atomic mass is 10.0. The van der Waals surface area contributed by atoms with E-state index in [-0.39, 0.29) is 13.0 Å². The summed E-state index contributed by atoms with van der Waals surface area (Å²) >= 11 is 0. The molecule has 2 amide bonds. The summed E-state index contributed by atoms with van der Waals surface area (Å²) in [6.07, 6.45) is -4.79. The number of rotatable bonds is 4. The Bertz CT molecular complexity index is 682. The summed E-state index contributed by atoms with van der Waals surface area (Å²) < 4.78 is 37.2. The monoisotopic (exact) mass is 339 g/mol. The Balaban J connectivity index is 2.04. The fourth-order valence-electron chi connectivity index (χ4n) is 2.67. The number of nitrogens with zero attached hydrogens (tertiary/aromatic N) is 2. The third-order valence-electron chi connectivity index (χ3n) is 3.87. The molecule has 1 heterocycles. The van der Waals surface area contributed by atoms with E-state index in [0.29, 0.717) is 10.5 Å². The minimum absolute atomic E-state index is 0.284. The lowest BCUT2D eigenvalue weighted by Crippen LogP contribution is -2.38. The summed E-state index contributed by atoms with van der Waals surface area (Å²) in [6, 6.07) is 8.05. The zero-order chi connectivity index (χ0) is 17.9. The van der Waals surface area contributed by atoms with Gasteiger partial charge in [-0.25, -0.2) is 0 Å². The second-order valence-electron chi connectivity index (χ2n) is 5.72. The van der Waals surface area contributed by atoms with Crippen LogP contribution in [0.15, 0.2) is 24.3 Å². The molecule has 1 N–H and O–H groups in total. The Morgan fingerprint density at radius 2 is 2.12 bits per heavy atom. The number of hydrogen-bond acceptors (Lipinski definition) is 3. The van der Waals surface area contributed by atoms with E-state index in [1.165, 1.54) is 0 Å². The number of likely N-dealkylation sites (tertiary alicyclic amines) is 1. The molecule has 1 aromatic carbocycles. The van der Waals surface area contributed by atoms with Gasteiger partial charge in [-0.1, -0.05) is 24.3 Å². The summed E-state index contributed by atoms with van der Waals surface area (Å²) in [6.45, 7) is 0.126. The van der Waals surface area contributed by atoms with Crippen LogP contribution in [0.1, 0.15) is 23.6 Å². The number of nitriles is 1. The molecule has 1 saturated heterocycles. The summed E-state index contributed by atoms with van der Waals surface area (Å²) in [7, 11) is 0. The molecular formula is C16H16F3N3O2. The molecule has 1 aromatic rings. The third kappa shape index (κ3) is 4.25. The van der Waals surface area contributed by atoms with Gasteiger partial charge in [0.2, 0.25) is 11.8 Å². The number of alkyl halides is 3. The lowest BCUT2D eigenvalue weighted by Gasteiger charge is -2.19. The van der Waals surface area contributed by atoms with Crippen LogP contribution in [0.3, 0.4) is 0 Å². The van der Waals surface area contributed by atoms with Crippen molar-refractivity contribution in [2.75, 3.05) is 13.1 Å². The maximum atomic E-state index is 12.4. The number of carbonyl (C=O) groups excluding carboxylic acids is 2. The molecule has 1 aliphatic heterocycles. The molecule has 1 fully saturated rings. The molecule has 2 atom stereocenters. The van der Waals surface area contributed by atoms with Crippen LogP contribution < -0.4 is 5.32 Å². The number of carbonyl (C=O) groups is 2. The van der Waals surface area contributed by atoms with Crippen molar-refractivity contribution in [1.82, 2.24) is 10.2 Å².